The van der Waals surface area contributed by atoms with Gasteiger partial charge in [0, 0.05) is 5.57 Å². The number of nitriles is 1. The first kappa shape index (κ1) is 14.1. The smallest absolute Gasteiger partial charge is 0.146 e. The van der Waals surface area contributed by atoms with Crippen molar-refractivity contribution in [2.45, 2.75) is 12.8 Å². The summed E-state index contributed by atoms with van der Waals surface area (Å²) in [5.74, 6) is 0.775. The van der Waals surface area contributed by atoms with E-state index in [9.17, 15) is 4.79 Å². The largest absolute Gasteiger partial charge is 0.497 e. The summed E-state index contributed by atoms with van der Waals surface area (Å²) in [6.45, 7) is 0. The van der Waals surface area contributed by atoms with E-state index in [-0.39, 0.29) is 0 Å². The molecule has 3 rings (SSSR count). The van der Waals surface area contributed by atoms with Gasteiger partial charge < -0.3 is 4.74 Å². The molecule has 0 bridgehead atoms. The van der Waals surface area contributed by atoms with Crippen molar-refractivity contribution in [3.63, 3.8) is 0 Å². The quantitative estimate of drug-likeness (QED) is 0.812. The fourth-order valence-electron chi connectivity index (χ4n) is 2.87. The summed E-state index contributed by atoms with van der Waals surface area (Å²) in [6, 6.07) is 15.4. The van der Waals surface area contributed by atoms with E-state index in [0.29, 0.717) is 5.56 Å². The molecule has 2 aromatic rings. The first-order chi connectivity index (χ1) is 10.8. The molecule has 0 aliphatic heterocycles. The van der Waals surface area contributed by atoms with Crippen molar-refractivity contribution in [3.8, 4) is 11.8 Å². The van der Waals surface area contributed by atoms with Crippen LogP contribution in [0.5, 0.6) is 5.75 Å². The number of ether oxygens (including phenoxy) is 1. The topological polar surface area (TPSA) is 50.1 Å². The summed E-state index contributed by atoms with van der Waals surface area (Å²) < 4.78 is 5.32. The maximum atomic E-state index is 11.5. The lowest BCUT2D eigenvalue weighted by molar-refractivity contribution is -0.105. The highest BCUT2D eigenvalue weighted by Gasteiger charge is 2.20. The number of aldehydes is 1. The van der Waals surface area contributed by atoms with Gasteiger partial charge in [-0.05, 0) is 59.4 Å². The maximum Gasteiger partial charge on any atom is 0.146 e. The van der Waals surface area contributed by atoms with E-state index in [4.69, 9.17) is 10.00 Å². The zero-order valence-electron chi connectivity index (χ0n) is 12.3. The second-order valence-corrected chi connectivity index (χ2v) is 5.23. The van der Waals surface area contributed by atoms with E-state index >= 15 is 0 Å². The third kappa shape index (κ3) is 2.40. The predicted molar refractivity (Wildman–Crippen MR) is 84.6 cm³/mol. The molecule has 0 N–H and O–H groups in total. The van der Waals surface area contributed by atoms with Crippen LogP contribution in [0.2, 0.25) is 0 Å². The van der Waals surface area contributed by atoms with Gasteiger partial charge in [-0.25, -0.2) is 0 Å². The van der Waals surface area contributed by atoms with E-state index < -0.39 is 0 Å². The Morgan fingerprint density at radius 3 is 2.55 bits per heavy atom. The van der Waals surface area contributed by atoms with E-state index in [2.05, 4.69) is 12.1 Å². The summed E-state index contributed by atoms with van der Waals surface area (Å²) >= 11 is 0. The lowest BCUT2D eigenvalue weighted by atomic mass is 9.82. The molecule has 1 aliphatic rings. The van der Waals surface area contributed by atoms with Gasteiger partial charge in [-0.2, -0.15) is 5.26 Å². The average molecular weight is 289 g/mol. The Morgan fingerprint density at radius 1 is 1.14 bits per heavy atom. The molecule has 0 amide bonds. The van der Waals surface area contributed by atoms with Crippen molar-refractivity contribution >= 4 is 11.9 Å². The highest BCUT2D eigenvalue weighted by atomic mass is 16.5. The number of hydrogen-bond donors (Lipinski definition) is 0. The normalized spacial score (nSPS) is 13.3. The third-order valence-corrected chi connectivity index (χ3v) is 4.02. The lowest BCUT2D eigenvalue weighted by Crippen LogP contribution is -2.07. The molecule has 2 aromatic carbocycles. The van der Waals surface area contributed by atoms with Crippen LogP contribution in [-0.2, 0) is 11.2 Å². The number of aryl methyl sites for hydroxylation is 1. The molecule has 0 heterocycles. The monoisotopic (exact) mass is 289 g/mol. The van der Waals surface area contributed by atoms with E-state index in [1.54, 1.807) is 19.2 Å². The molecular formula is C19H15NO2. The van der Waals surface area contributed by atoms with Crippen LogP contribution in [0.15, 0.2) is 48.0 Å². The molecule has 3 heteroatoms. The Bertz CT molecular complexity index is 795. The van der Waals surface area contributed by atoms with Crippen molar-refractivity contribution in [1.29, 1.82) is 5.26 Å². The van der Waals surface area contributed by atoms with Crippen LogP contribution >= 0.6 is 0 Å². The fraction of sp³-hybridized carbons (Fsp3) is 0.158. The average Bonchev–Trinajstić information content (AvgIpc) is 2.60. The van der Waals surface area contributed by atoms with Gasteiger partial charge in [-0.3, -0.25) is 4.79 Å². The summed E-state index contributed by atoms with van der Waals surface area (Å²) in [5, 5.41) is 8.93. The SMILES string of the molecule is COc1ccc2c(c1)C(c1ccc(C#N)cc1)=C(C=O)CC2. The highest BCUT2D eigenvalue weighted by molar-refractivity contribution is 5.97. The Labute approximate surface area is 129 Å². The first-order valence-corrected chi connectivity index (χ1v) is 7.13. The molecule has 0 fully saturated rings. The fourth-order valence-corrected chi connectivity index (χ4v) is 2.87. The minimum atomic E-state index is 0.610. The Morgan fingerprint density at radius 2 is 1.91 bits per heavy atom. The Balaban J connectivity index is 2.19. The van der Waals surface area contributed by atoms with Gasteiger partial charge in [0.1, 0.15) is 12.0 Å². The maximum absolute atomic E-state index is 11.5. The Kier molecular flexibility index (Phi) is 3.76. The van der Waals surface area contributed by atoms with Crippen LogP contribution in [-0.4, -0.2) is 13.4 Å². The van der Waals surface area contributed by atoms with Gasteiger partial charge in [0.2, 0.25) is 0 Å². The number of carbonyl (C=O) groups is 1. The van der Waals surface area contributed by atoms with Crippen molar-refractivity contribution in [2.75, 3.05) is 7.11 Å². The molecular weight excluding hydrogens is 274 g/mol. The molecule has 0 saturated heterocycles. The van der Waals surface area contributed by atoms with Gasteiger partial charge in [-0.15, -0.1) is 0 Å². The van der Waals surface area contributed by atoms with Crippen LogP contribution in [0.3, 0.4) is 0 Å². The summed E-state index contributed by atoms with van der Waals surface area (Å²) in [5.41, 5.74) is 5.56. The molecule has 0 unspecified atom stereocenters. The van der Waals surface area contributed by atoms with Crippen LogP contribution in [0, 0.1) is 11.3 Å². The molecule has 0 saturated carbocycles. The molecule has 108 valence electrons. The van der Waals surface area contributed by atoms with Crippen molar-refractivity contribution < 1.29 is 9.53 Å². The molecule has 0 spiro atoms. The standard InChI is InChI=1S/C19H15NO2/c1-22-17-9-8-14-6-7-16(12-21)19(18(14)10-17)15-4-2-13(11-20)3-5-15/h2-5,8-10,12H,6-7H2,1H3. The van der Waals surface area contributed by atoms with Crippen molar-refractivity contribution in [1.82, 2.24) is 0 Å². The second kappa shape index (κ2) is 5.87. The van der Waals surface area contributed by atoms with E-state index in [1.165, 1.54) is 5.56 Å². The van der Waals surface area contributed by atoms with Gasteiger partial charge in [0.15, 0.2) is 0 Å². The highest BCUT2D eigenvalue weighted by Crippen LogP contribution is 2.37. The summed E-state index contributed by atoms with van der Waals surface area (Å²) in [4.78, 5) is 11.5. The number of hydrogen-bond acceptors (Lipinski definition) is 3. The van der Waals surface area contributed by atoms with Gasteiger partial charge in [0.05, 0.1) is 18.7 Å². The minimum absolute atomic E-state index is 0.610. The van der Waals surface area contributed by atoms with Gasteiger partial charge in [0.25, 0.3) is 0 Å². The Hall–Kier alpha value is -2.86. The van der Waals surface area contributed by atoms with Crippen molar-refractivity contribution in [3.05, 3.63) is 70.3 Å². The number of methoxy groups -OCH3 is 1. The molecule has 0 radical (unpaired) electrons. The van der Waals surface area contributed by atoms with Crippen LogP contribution in [0.4, 0.5) is 0 Å². The molecule has 0 atom stereocenters. The van der Waals surface area contributed by atoms with Crippen LogP contribution in [0.1, 0.15) is 28.7 Å². The molecule has 1 aliphatic carbocycles. The number of benzene rings is 2. The molecule has 0 aromatic heterocycles. The molecule has 3 nitrogen and oxygen atoms in total. The lowest BCUT2D eigenvalue weighted by Gasteiger charge is -2.22. The summed E-state index contributed by atoms with van der Waals surface area (Å²) in [7, 11) is 1.64. The van der Waals surface area contributed by atoms with Gasteiger partial charge >= 0.3 is 0 Å². The number of fused-ring (bicyclic) bond motifs is 1. The van der Waals surface area contributed by atoms with Gasteiger partial charge in [-0.1, -0.05) is 18.2 Å². The summed E-state index contributed by atoms with van der Waals surface area (Å²) in [6.07, 6.45) is 2.53. The van der Waals surface area contributed by atoms with Crippen LogP contribution < -0.4 is 4.74 Å². The molecule has 22 heavy (non-hydrogen) atoms. The van der Waals surface area contributed by atoms with Crippen LogP contribution in [0.25, 0.3) is 5.57 Å². The first-order valence-electron chi connectivity index (χ1n) is 7.13. The minimum Gasteiger partial charge on any atom is -0.497 e. The number of rotatable bonds is 3. The van der Waals surface area contributed by atoms with E-state index in [1.807, 2.05) is 24.3 Å². The number of nitrogens with zero attached hydrogens (tertiary/aromatic N) is 1. The van der Waals surface area contributed by atoms with E-state index in [0.717, 1.165) is 47.2 Å². The third-order valence-electron chi connectivity index (χ3n) is 4.02. The number of carbonyl (C=O) groups excluding carboxylic acids is 1. The zero-order valence-corrected chi connectivity index (χ0v) is 12.3. The predicted octanol–water partition coefficient (Wildman–Crippen LogP) is 3.51. The number of allylic oxidation sites excluding steroid dienone is 1. The second-order valence-electron chi connectivity index (χ2n) is 5.23. The van der Waals surface area contributed by atoms with Crippen molar-refractivity contribution in [2.24, 2.45) is 0 Å². The zero-order chi connectivity index (χ0) is 15.5.